The second-order valence-electron chi connectivity index (χ2n) is 3.33. The van der Waals surface area contributed by atoms with Gasteiger partial charge in [-0.3, -0.25) is 4.79 Å². The molecular formula is C11H11BrO3. The van der Waals surface area contributed by atoms with Crippen molar-refractivity contribution < 1.29 is 14.3 Å². The van der Waals surface area contributed by atoms with Crippen LogP contribution in [0.4, 0.5) is 0 Å². The molecule has 3 nitrogen and oxygen atoms in total. The standard InChI is InChI=1S/C11H11BrO3/c1-14-7-2-3-8-10(6-7)15-5-4-9(12)11(8)13/h2-3,6,9H,4-5H2,1H3. The third-order valence-corrected chi connectivity index (χ3v) is 3.24. The number of fused-ring (bicyclic) bond motifs is 1. The smallest absolute Gasteiger partial charge is 0.180 e. The van der Waals surface area contributed by atoms with E-state index in [4.69, 9.17) is 9.47 Å². The van der Waals surface area contributed by atoms with Crippen LogP contribution in [0.1, 0.15) is 16.8 Å². The van der Waals surface area contributed by atoms with Crippen molar-refractivity contribution in [2.75, 3.05) is 13.7 Å². The number of halogens is 1. The summed E-state index contributed by atoms with van der Waals surface area (Å²) in [6, 6.07) is 5.26. The van der Waals surface area contributed by atoms with E-state index >= 15 is 0 Å². The van der Waals surface area contributed by atoms with Crippen LogP contribution in [-0.4, -0.2) is 24.3 Å². The van der Waals surface area contributed by atoms with E-state index in [9.17, 15) is 4.79 Å². The lowest BCUT2D eigenvalue weighted by atomic mass is 10.1. The zero-order valence-corrected chi connectivity index (χ0v) is 9.91. The Hall–Kier alpha value is -1.03. The first-order valence-electron chi connectivity index (χ1n) is 4.71. The molecule has 0 spiro atoms. The van der Waals surface area contributed by atoms with Gasteiger partial charge >= 0.3 is 0 Å². The van der Waals surface area contributed by atoms with Crippen LogP contribution in [0.25, 0.3) is 0 Å². The Bertz CT molecular complexity index is 389. The topological polar surface area (TPSA) is 35.5 Å². The molecule has 1 aromatic carbocycles. The summed E-state index contributed by atoms with van der Waals surface area (Å²) in [7, 11) is 1.59. The van der Waals surface area contributed by atoms with Gasteiger partial charge in [0, 0.05) is 12.5 Å². The van der Waals surface area contributed by atoms with Crippen molar-refractivity contribution >= 4 is 21.7 Å². The van der Waals surface area contributed by atoms with Crippen molar-refractivity contribution in [2.45, 2.75) is 11.2 Å². The highest BCUT2D eigenvalue weighted by Crippen LogP contribution is 2.30. The lowest BCUT2D eigenvalue weighted by molar-refractivity contribution is 0.0991. The normalized spacial score (nSPS) is 20.1. The summed E-state index contributed by atoms with van der Waals surface area (Å²) in [4.78, 5) is 11.7. The van der Waals surface area contributed by atoms with E-state index in [0.717, 1.165) is 0 Å². The molecule has 1 heterocycles. The molecule has 0 saturated heterocycles. The highest BCUT2D eigenvalue weighted by atomic mass is 79.9. The minimum Gasteiger partial charge on any atom is -0.497 e. The average molecular weight is 271 g/mol. The lowest BCUT2D eigenvalue weighted by Crippen LogP contribution is -2.12. The quantitative estimate of drug-likeness (QED) is 0.736. The molecule has 0 aliphatic carbocycles. The summed E-state index contributed by atoms with van der Waals surface area (Å²) >= 11 is 3.35. The number of hydrogen-bond donors (Lipinski definition) is 0. The van der Waals surface area contributed by atoms with Crippen molar-refractivity contribution in [3.8, 4) is 11.5 Å². The zero-order valence-electron chi connectivity index (χ0n) is 8.33. The van der Waals surface area contributed by atoms with Crippen molar-refractivity contribution in [1.82, 2.24) is 0 Å². The number of ether oxygens (including phenoxy) is 2. The summed E-state index contributed by atoms with van der Waals surface area (Å²) in [5.41, 5.74) is 0.621. The van der Waals surface area contributed by atoms with Crippen LogP contribution < -0.4 is 9.47 Å². The SMILES string of the molecule is COc1ccc2c(c1)OCCC(Br)C2=O. The summed E-state index contributed by atoms with van der Waals surface area (Å²) in [6.07, 6.45) is 0.690. The number of ketones is 1. The first kappa shape index (κ1) is 10.5. The van der Waals surface area contributed by atoms with Gasteiger partial charge in [0.1, 0.15) is 11.5 Å². The minimum absolute atomic E-state index is 0.0742. The van der Waals surface area contributed by atoms with E-state index in [1.54, 1.807) is 25.3 Å². The molecule has 0 aromatic heterocycles. The third-order valence-electron chi connectivity index (χ3n) is 2.37. The molecule has 2 rings (SSSR count). The van der Waals surface area contributed by atoms with E-state index in [1.807, 2.05) is 0 Å². The minimum atomic E-state index is -0.146. The molecule has 0 amide bonds. The zero-order chi connectivity index (χ0) is 10.8. The molecule has 15 heavy (non-hydrogen) atoms. The summed E-state index contributed by atoms with van der Waals surface area (Å²) in [5, 5.41) is 0. The van der Waals surface area contributed by atoms with Crippen LogP contribution in [-0.2, 0) is 0 Å². The molecule has 0 N–H and O–H groups in total. The maximum atomic E-state index is 11.9. The first-order chi connectivity index (χ1) is 7.22. The Morgan fingerprint density at radius 3 is 3.07 bits per heavy atom. The monoisotopic (exact) mass is 270 g/mol. The fraction of sp³-hybridized carbons (Fsp3) is 0.364. The van der Waals surface area contributed by atoms with Crippen LogP contribution in [0.2, 0.25) is 0 Å². The number of hydrogen-bond acceptors (Lipinski definition) is 3. The lowest BCUT2D eigenvalue weighted by Gasteiger charge is -2.07. The number of alkyl halides is 1. The van der Waals surface area contributed by atoms with Gasteiger partial charge in [-0.1, -0.05) is 15.9 Å². The second-order valence-corrected chi connectivity index (χ2v) is 4.44. The summed E-state index contributed by atoms with van der Waals surface area (Å²) in [6.45, 7) is 0.543. The average Bonchev–Trinajstić information content (AvgIpc) is 2.40. The van der Waals surface area contributed by atoms with Crippen LogP contribution in [0, 0.1) is 0 Å². The predicted octanol–water partition coefficient (Wildman–Crippen LogP) is 2.42. The highest BCUT2D eigenvalue weighted by Gasteiger charge is 2.24. The molecule has 0 bridgehead atoms. The molecule has 0 radical (unpaired) electrons. The van der Waals surface area contributed by atoms with Gasteiger partial charge in [0.25, 0.3) is 0 Å². The fourth-order valence-corrected chi connectivity index (χ4v) is 1.96. The number of carbonyl (C=O) groups excluding carboxylic acids is 1. The second kappa shape index (κ2) is 4.23. The number of rotatable bonds is 1. The Labute approximate surface area is 96.5 Å². The largest absolute Gasteiger partial charge is 0.497 e. The van der Waals surface area contributed by atoms with Crippen LogP contribution in [0.5, 0.6) is 11.5 Å². The van der Waals surface area contributed by atoms with E-state index < -0.39 is 0 Å². The molecule has 80 valence electrons. The van der Waals surface area contributed by atoms with Crippen LogP contribution in [0.3, 0.4) is 0 Å². The third kappa shape index (κ3) is 2.00. The molecular weight excluding hydrogens is 260 g/mol. The Kier molecular flexibility index (Phi) is 2.95. The van der Waals surface area contributed by atoms with Crippen molar-refractivity contribution in [3.63, 3.8) is 0 Å². The highest BCUT2D eigenvalue weighted by molar-refractivity contribution is 9.10. The van der Waals surface area contributed by atoms with Crippen LogP contribution >= 0.6 is 15.9 Å². The van der Waals surface area contributed by atoms with Gasteiger partial charge in [-0.05, 0) is 12.1 Å². The van der Waals surface area contributed by atoms with Gasteiger partial charge in [-0.15, -0.1) is 0 Å². The van der Waals surface area contributed by atoms with E-state index in [-0.39, 0.29) is 10.6 Å². The van der Waals surface area contributed by atoms with Gasteiger partial charge in [-0.2, -0.15) is 0 Å². The molecule has 1 aromatic rings. The Morgan fingerprint density at radius 2 is 2.33 bits per heavy atom. The van der Waals surface area contributed by atoms with Crippen molar-refractivity contribution in [2.24, 2.45) is 0 Å². The molecule has 4 heteroatoms. The van der Waals surface area contributed by atoms with E-state index in [2.05, 4.69) is 15.9 Å². The van der Waals surface area contributed by atoms with E-state index in [0.29, 0.717) is 30.1 Å². The van der Waals surface area contributed by atoms with Crippen LogP contribution in [0.15, 0.2) is 18.2 Å². The Morgan fingerprint density at radius 1 is 1.53 bits per heavy atom. The number of carbonyl (C=O) groups is 1. The molecule has 1 unspecified atom stereocenters. The molecule has 0 saturated carbocycles. The van der Waals surface area contributed by atoms with Gasteiger partial charge in [0.2, 0.25) is 0 Å². The van der Waals surface area contributed by atoms with Gasteiger partial charge in [-0.25, -0.2) is 0 Å². The molecule has 0 fully saturated rings. The summed E-state index contributed by atoms with van der Waals surface area (Å²) in [5.74, 6) is 1.39. The number of methoxy groups -OCH3 is 1. The van der Waals surface area contributed by atoms with Gasteiger partial charge < -0.3 is 9.47 Å². The van der Waals surface area contributed by atoms with Gasteiger partial charge in [0.05, 0.1) is 24.1 Å². The maximum Gasteiger partial charge on any atom is 0.180 e. The van der Waals surface area contributed by atoms with Gasteiger partial charge in [0.15, 0.2) is 5.78 Å². The van der Waals surface area contributed by atoms with E-state index in [1.165, 1.54) is 0 Å². The molecule has 1 atom stereocenters. The van der Waals surface area contributed by atoms with Crippen molar-refractivity contribution in [3.05, 3.63) is 23.8 Å². The summed E-state index contributed by atoms with van der Waals surface area (Å²) < 4.78 is 10.6. The maximum absolute atomic E-state index is 11.9. The first-order valence-corrected chi connectivity index (χ1v) is 5.63. The number of Topliss-reactive ketones (excluding diaryl/α,β-unsaturated/α-hetero) is 1. The molecule has 1 aliphatic heterocycles. The Balaban J connectivity index is 2.44. The fourth-order valence-electron chi connectivity index (χ4n) is 1.52. The predicted molar refractivity (Wildman–Crippen MR) is 60.2 cm³/mol. The van der Waals surface area contributed by atoms with Crippen molar-refractivity contribution in [1.29, 1.82) is 0 Å². The molecule has 1 aliphatic rings. The number of benzene rings is 1.